The van der Waals surface area contributed by atoms with Gasteiger partial charge in [-0.05, 0) is 26.2 Å². The molecule has 5 nitrogen and oxygen atoms in total. The third kappa shape index (κ3) is 21.5. The molecule has 0 spiro atoms. The van der Waals surface area contributed by atoms with Gasteiger partial charge in [0.2, 0.25) is 0 Å². The molecule has 0 aromatic carbocycles. The monoisotopic (exact) mass is 280 g/mol. The Morgan fingerprint density at radius 1 is 1.06 bits per heavy atom. The average Bonchev–Trinajstić information content (AvgIpc) is 2.44. The van der Waals surface area contributed by atoms with Gasteiger partial charge in [-0.1, -0.05) is 0 Å². The van der Waals surface area contributed by atoms with Crippen LogP contribution >= 0.6 is 0 Å². The second kappa shape index (κ2) is 29.6. The Morgan fingerprint density at radius 3 is 1.94 bits per heavy atom. The van der Waals surface area contributed by atoms with Crippen LogP contribution in [0.25, 0.3) is 0 Å². The summed E-state index contributed by atoms with van der Waals surface area (Å²) in [6.07, 6.45) is 5.69. The van der Waals surface area contributed by atoms with E-state index < -0.39 is 0 Å². The molecular weight excluding hydrogens is 268 g/mol. The van der Waals surface area contributed by atoms with Crippen molar-refractivity contribution < 1.29 is 40.5 Å². The maximum Gasteiger partial charge on any atom is 0.0844 e. The SMILES string of the molecule is [C-]#[O+].[C-]#[O+].[C-]#[O+].[CH2][CH][CH][CH][C@@H]1COCCO1.[Fe]. The van der Waals surface area contributed by atoms with Crippen LogP contribution in [0.4, 0.5) is 0 Å². The summed E-state index contributed by atoms with van der Waals surface area (Å²) in [5, 5.41) is 0. The normalized spacial score (nSPS) is 16.1. The third-order valence-electron chi connectivity index (χ3n) is 1.30. The summed E-state index contributed by atoms with van der Waals surface area (Å²) >= 11 is 0. The van der Waals surface area contributed by atoms with E-state index in [4.69, 9.17) is 23.4 Å². The molecule has 0 unspecified atom stereocenters. The number of unbranched alkanes of at least 4 members (excludes halogenated alkanes) is 1. The molecular formula is C11H12FeO5. The quantitative estimate of drug-likeness (QED) is 0.434. The summed E-state index contributed by atoms with van der Waals surface area (Å²) in [5.41, 5.74) is 0. The van der Waals surface area contributed by atoms with E-state index in [1.807, 2.05) is 12.8 Å². The van der Waals surface area contributed by atoms with E-state index in [-0.39, 0.29) is 23.2 Å². The van der Waals surface area contributed by atoms with Crippen molar-refractivity contribution in [2.75, 3.05) is 19.8 Å². The Morgan fingerprint density at radius 2 is 1.59 bits per heavy atom. The van der Waals surface area contributed by atoms with Gasteiger partial charge in [0.15, 0.2) is 0 Å². The van der Waals surface area contributed by atoms with Crippen molar-refractivity contribution in [3.8, 4) is 0 Å². The smallest absolute Gasteiger partial charge is 0.0844 e. The van der Waals surface area contributed by atoms with Crippen LogP contribution in [0.3, 0.4) is 0 Å². The maximum absolute atomic E-state index is 7.50. The fraction of sp³-hybridized carbons (Fsp3) is 0.364. The van der Waals surface area contributed by atoms with Gasteiger partial charge in [0, 0.05) is 17.1 Å². The van der Waals surface area contributed by atoms with Crippen LogP contribution in [0.15, 0.2) is 0 Å². The predicted molar refractivity (Wildman–Crippen MR) is 50.6 cm³/mol. The van der Waals surface area contributed by atoms with Crippen LogP contribution in [0.2, 0.25) is 0 Å². The number of ether oxygens (including phenoxy) is 2. The van der Waals surface area contributed by atoms with Crippen LogP contribution in [-0.2, 0) is 40.5 Å². The molecule has 0 aromatic heterocycles. The Kier molecular flexibility index (Phi) is 44.4. The van der Waals surface area contributed by atoms with Crippen LogP contribution in [0, 0.1) is 46.1 Å². The molecule has 0 N–H and O–H groups in total. The zero-order valence-corrected chi connectivity index (χ0v) is 10.1. The minimum atomic E-state index is 0. The minimum absolute atomic E-state index is 0. The van der Waals surface area contributed by atoms with Gasteiger partial charge < -0.3 is 9.47 Å². The topological polar surface area (TPSA) is 78.2 Å². The molecule has 6 heteroatoms. The van der Waals surface area contributed by atoms with Gasteiger partial charge in [-0.3, -0.25) is 0 Å². The van der Waals surface area contributed by atoms with Gasteiger partial charge in [0.25, 0.3) is 0 Å². The number of hydrogen-bond donors (Lipinski definition) is 0. The minimum Gasteiger partial charge on any atom is -0.376 e. The van der Waals surface area contributed by atoms with Crippen LogP contribution < -0.4 is 0 Å². The summed E-state index contributed by atoms with van der Waals surface area (Å²) in [5.74, 6) is 0. The molecule has 17 heavy (non-hydrogen) atoms. The Bertz CT molecular complexity index is 158. The molecule has 1 fully saturated rings. The Labute approximate surface area is 113 Å². The third-order valence-corrected chi connectivity index (χ3v) is 1.30. The summed E-state index contributed by atoms with van der Waals surface area (Å²) in [4.78, 5) is 0. The van der Waals surface area contributed by atoms with Crippen LogP contribution in [-0.4, -0.2) is 25.9 Å². The fourth-order valence-corrected chi connectivity index (χ4v) is 0.820. The first-order chi connectivity index (χ1) is 7.93. The van der Waals surface area contributed by atoms with Crippen LogP contribution in [0.1, 0.15) is 0 Å². The van der Waals surface area contributed by atoms with E-state index in [0.29, 0.717) is 13.2 Å². The van der Waals surface area contributed by atoms with Crippen molar-refractivity contribution in [1.82, 2.24) is 0 Å². The Balaban J connectivity index is -0.000000106. The fourth-order valence-electron chi connectivity index (χ4n) is 0.820. The molecule has 0 saturated carbocycles. The summed E-state index contributed by atoms with van der Waals surface area (Å²) < 4.78 is 33.0. The molecule has 1 aliphatic heterocycles. The molecule has 1 atom stereocenters. The van der Waals surface area contributed by atoms with E-state index in [1.54, 1.807) is 6.42 Å². The second-order valence-electron chi connectivity index (χ2n) is 2.10. The molecule has 4 radical (unpaired) electrons. The zero-order valence-electron chi connectivity index (χ0n) is 9.03. The zero-order chi connectivity index (χ0) is 13.2. The molecule has 0 bridgehead atoms. The molecule has 1 saturated heterocycles. The summed E-state index contributed by atoms with van der Waals surface area (Å²) in [7, 11) is 0. The largest absolute Gasteiger partial charge is 0.376 e. The van der Waals surface area contributed by atoms with Crippen molar-refractivity contribution in [2.45, 2.75) is 6.10 Å². The maximum atomic E-state index is 7.50. The molecule has 1 heterocycles. The van der Waals surface area contributed by atoms with Gasteiger partial charge in [-0.25, -0.2) is 0 Å². The van der Waals surface area contributed by atoms with Gasteiger partial charge >= 0.3 is 33.9 Å². The van der Waals surface area contributed by atoms with Crippen LogP contribution in [0.5, 0.6) is 0 Å². The number of hydrogen-bond acceptors (Lipinski definition) is 2. The van der Waals surface area contributed by atoms with Gasteiger partial charge in [0.1, 0.15) is 0 Å². The van der Waals surface area contributed by atoms with E-state index in [2.05, 4.69) is 26.9 Å². The van der Waals surface area contributed by atoms with Crippen molar-refractivity contribution in [2.24, 2.45) is 0 Å². The van der Waals surface area contributed by atoms with Gasteiger partial charge in [-0.15, -0.1) is 0 Å². The van der Waals surface area contributed by atoms with Crippen molar-refractivity contribution in [3.63, 3.8) is 0 Å². The molecule has 94 valence electrons. The second-order valence-corrected chi connectivity index (χ2v) is 2.10. The van der Waals surface area contributed by atoms with E-state index in [1.165, 1.54) is 0 Å². The summed E-state index contributed by atoms with van der Waals surface area (Å²) in [6.45, 7) is 19.2. The van der Waals surface area contributed by atoms with Crippen molar-refractivity contribution in [1.29, 1.82) is 0 Å². The first-order valence-electron chi connectivity index (χ1n) is 4.03. The van der Waals surface area contributed by atoms with E-state index in [0.717, 1.165) is 6.61 Å². The number of rotatable bonds is 3. The first kappa shape index (κ1) is 25.5. The van der Waals surface area contributed by atoms with E-state index >= 15 is 0 Å². The van der Waals surface area contributed by atoms with E-state index in [9.17, 15) is 0 Å². The van der Waals surface area contributed by atoms with Gasteiger partial charge in [-0.2, -0.15) is 0 Å². The average molecular weight is 280 g/mol. The predicted octanol–water partition coefficient (Wildman–Crippen LogP) is 0.734. The van der Waals surface area contributed by atoms with Gasteiger partial charge in [0.05, 0.1) is 25.9 Å². The summed E-state index contributed by atoms with van der Waals surface area (Å²) in [6, 6.07) is 0. The van der Waals surface area contributed by atoms with Crippen molar-refractivity contribution >= 4 is 0 Å². The molecule has 0 amide bonds. The Hall–Kier alpha value is -0.341. The molecule has 1 aliphatic rings. The molecule has 1 rings (SSSR count). The molecule has 0 aromatic rings. The molecule has 0 aliphatic carbocycles. The van der Waals surface area contributed by atoms with Crippen molar-refractivity contribution in [3.05, 3.63) is 46.1 Å². The standard InChI is InChI=1S/C8H12O2.3CO.Fe/c1-2-3-4-8-7-9-5-6-10-8;3*1-2;/h2-4,8H,1,5-7H2;;;;/t8-;;;;/m1..../s1. The first-order valence-corrected chi connectivity index (χ1v) is 4.03.